The lowest BCUT2D eigenvalue weighted by atomic mass is 10.1. The zero-order valence-electron chi connectivity index (χ0n) is 10.9. The van der Waals surface area contributed by atoms with Crippen LogP contribution < -0.4 is 4.72 Å². The first-order valence-electron chi connectivity index (χ1n) is 6.05. The molecule has 0 unspecified atom stereocenters. The number of nitrogens with zero attached hydrogens (tertiary/aromatic N) is 1. The van der Waals surface area contributed by atoms with Crippen LogP contribution in [0.4, 0.5) is 0 Å². The number of benzene rings is 1. The van der Waals surface area contributed by atoms with E-state index in [1.54, 1.807) is 25.1 Å². The number of nitrogens with one attached hydrogen (secondary N) is 1. The van der Waals surface area contributed by atoms with Crippen LogP contribution >= 0.6 is 0 Å². The standard InChI is InChI=1S/C13H14N2O4S/c1-2-13(16)10-4-3-5-12(8-10)20(17,18)14-9-11-6-7-19-15-11/h3-8,14H,2,9H2,1H3. The molecule has 1 aromatic heterocycles. The molecule has 20 heavy (non-hydrogen) atoms. The summed E-state index contributed by atoms with van der Waals surface area (Å²) in [5, 5.41) is 3.62. The molecule has 0 spiro atoms. The summed E-state index contributed by atoms with van der Waals surface area (Å²) in [7, 11) is -3.68. The summed E-state index contributed by atoms with van der Waals surface area (Å²) in [5.41, 5.74) is 0.867. The van der Waals surface area contributed by atoms with Gasteiger partial charge in [0.25, 0.3) is 0 Å². The van der Waals surface area contributed by atoms with E-state index in [0.29, 0.717) is 17.7 Å². The van der Waals surface area contributed by atoms with Gasteiger partial charge in [-0.1, -0.05) is 24.2 Å². The van der Waals surface area contributed by atoms with Crippen LogP contribution in [0.1, 0.15) is 29.4 Å². The first-order chi connectivity index (χ1) is 9.53. The maximum atomic E-state index is 12.1. The maximum absolute atomic E-state index is 12.1. The molecule has 2 rings (SSSR count). The van der Waals surface area contributed by atoms with Gasteiger partial charge in [-0.3, -0.25) is 4.79 Å². The van der Waals surface area contributed by atoms with Gasteiger partial charge in [-0.15, -0.1) is 0 Å². The smallest absolute Gasteiger partial charge is 0.240 e. The molecule has 0 bridgehead atoms. The normalized spacial score (nSPS) is 11.4. The molecular weight excluding hydrogens is 280 g/mol. The SMILES string of the molecule is CCC(=O)c1cccc(S(=O)(=O)NCc2ccon2)c1. The van der Waals surface area contributed by atoms with Gasteiger partial charge in [0.1, 0.15) is 6.26 Å². The first-order valence-corrected chi connectivity index (χ1v) is 7.53. The van der Waals surface area contributed by atoms with Gasteiger partial charge in [-0.25, -0.2) is 13.1 Å². The highest BCUT2D eigenvalue weighted by atomic mass is 32.2. The second kappa shape index (κ2) is 5.98. The van der Waals surface area contributed by atoms with E-state index >= 15 is 0 Å². The molecule has 0 amide bonds. The molecule has 0 fully saturated rings. The van der Waals surface area contributed by atoms with Crippen molar-refractivity contribution in [2.45, 2.75) is 24.8 Å². The summed E-state index contributed by atoms with van der Waals surface area (Å²) in [6, 6.07) is 7.53. The summed E-state index contributed by atoms with van der Waals surface area (Å²) >= 11 is 0. The lowest BCUT2D eigenvalue weighted by molar-refractivity contribution is 0.0988. The Bertz CT molecular complexity index is 693. The van der Waals surface area contributed by atoms with Crippen LogP contribution in [-0.2, 0) is 16.6 Å². The average molecular weight is 294 g/mol. The van der Waals surface area contributed by atoms with E-state index < -0.39 is 10.0 Å². The fourth-order valence-corrected chi connectivity index (χ4v) is 2.67. The largest absolute Gasteiger partial charge is 0.364 e. The number of sulfonamides is 1. The van der Waals surface area contributed by atoms with Crippen LogP contribution in [0.25, 0.3) is 0 Å². The van der Waals surface area contributed by atoms with Crippen molar-refractivity contribution in [3.05, 3.63) is 47.9 Å². The Morgan fingerprint density at radius 3 is 2.80 bits per heavy atom. The summed E-state index contributed by atoms with van der Waals surface area (Å²) in [6.07, 6.45) is 1.69. The van der Waals surface area contributed by atoms with Crippen molar-refractivity contribution in [3.63, 3.8) is 0 Å². The number of ketones is 1. The van der Waals surface area contributed by atoms with Gasteiger partial charge in [0.15, 0.2) is 5.78 Å². The number of Topliss-reactive ketones (excluding diaryl/α,β-unsaturated/α-hetero) is 1. The van der Waals surface area contributed by atoms with Gasteiger partial charge in [-0.05, 0) is 12.1 Å². The van der Waals surface area contributed by atoms with Gasteiger partial charge in [0, 0.05) is 18.1 Å². The first kappa shape index (κ1) is 14.4. The molecule has 0 radical (unpaired) electrons. The van der Waals surface area contributed by atoms with Crippen molar-refractivity contribution in [2.75, 3.05) is 0 Å². The molecule has 106 valence electrons. The Balaban J connectivity index is 2.18. The van der Waals surface area contributed by atoms with Gasteiger partial charge in [-0.2, -0.15) is 0 Å². The molecule has 7 heteroatoms. The average Bonchev–Trinajstić information content (AvgIpc) is 2.98. The van der Waals surface area contributed by atoms with Crippen LogP contribution in [0.15, 0.2) is 46.0 Å². The fourth-order valence-electron chi connectivity index (χ4n) is 1.62. The second-order valence-electron chi connectivity index (χ2n) is 4.12. The highest BCUT2D eigenvalue weighted by Gasteiger charge is 2.16. The van der Waals surface area contributed by atoms with E-state index in [1.165, 1.54) is 18.4 Å². The van der Waals surface area contributed by atoms with E-state index in [1.807, 2.05) is 0 Å². The quantitative estimate of drug-likeness (QED) is 0.820. The number of hydrogen-bond acceptors (Lipinski definition) is 5. The lowest BCUT2D eigenvalue weighted by Gasteiger charge is -2.06. The number of aromatic nitrogens is 1. The molecule has 6 nitrogen and oxygen atoms in total. The minimum absolute atomic E-state index is 0.0325. The Kier molecular flexibility index (Phi) is 4.31. The topological polar surface area (TPSA) is 89.3 Å². The number of carbonyl (C=O) groups is 1. The molecule has 2 aromatic rings. The predicted octanol–water partition coefficient (Wildman–Crippen LogP) is 1.75. The molecule has 0 aliphatic rings. The summed E-state index contributed by atoms with van der Waals surface area (Å²) in [6.45, 7) is 1.76. The summed E-state index contributed by atoms with van der Waals surface area (Å²) in [5.74, 6) is -0.0986. The number of hydrogen-bond donors (Lipinski definition) is 1. The fraction of sp³-hybridized carbons (Fsp3) is 0.231. The van der Waals surface area contributed by atoms with Gasteiger partial charge >= 0.3 is 0 Å². The van der Waals surface area contributed by atoms with Crippen molar-refractivity contribution in [3.8, 4) is 0 Å². The minimum atomic E-state index is -3.68. The van der Waals surface area contributed by atoms with E-state index in [4.69, 9.17) is 0 Å². The van der Waals surface area contributed by atoms with E-state index in [2.05, 4.69) is 14.4 Å². The van der Waals surface area contributed by atoms with E-state index in [9.17, 15) is 13.2 Å². The van der Waals surface area contributed by atoms with E-state index in [-0.39, 0.29) is 17.2 Å². The Morgan fingerprint density at radius 2 is 2.15 bits per heavy atom. The molecule has 0 atom stereocenters. The molecule has 0 saturated carbocycles. The predicted molar refractivity (Wildman–Crippen MR) is 71.6 cm³/mol. The van der Waals surface area contributed by atoms with Crippen molar-refractivity contribution in [1.82, 2.24) is 9.88 Å². The molecule has 0 saturated heterocycles. The van der Waals surface area contributed by atoms with Crippen molar-refractivity contribution < 1.29 is 17.7 Å². The van der Waals surface area contributed by atoms with Gasteiger partial charge in [0.2, 0.25) is 10.0 Å². The van der Waals surface area contributed by atoms with Crippen LogP contribution in [0.5, 0.6) is 0 Å². The minimum Gasteiger partial charge on any atom is -0.364 e. The highest BCUT2D eigenvalue weighted by Crippen LogP contribution is 2.13. The van der Waals surface area contributed by atoms with Gasteiger partial charge < -0.3 is 4.52 Å². The van der Waals surface area contributed by atoms with Crippen LogP contribution in [0.3, 0.4) is 0 Å². The third-order valence-electron chi connectivity index (χ3n) is 2.72. The molecule has 1 aromatic carbocycles. The number of carbonyl (C=O) groups excluding carboxylic acids is 1. The summed E-state index contributed by atoms with van der Waals surface area (Å²) in [4.78, 5) is 11.7. The Morgan fingerprint density at radius 1 is 1.35 bits per heavy atom. The molecule has 0 aliphatic carbocycles. The maximum Gasteiger partial charge on any atom is 0.240 e. The molecule has 0 aliphatic heterocycles. The monoisotopic (exact) mass is 294 g/mol. The zero-order chi connectivity index (χ0) is 14.6. The second-order valence-corrected chi connectivity index (χ2v) is 5.89. The van der Waals surface area contributed by atoms with Crippen LogP contribution in [-0.4, -0.2) is 19.4 Å². The van der Waals surface area contributed by atoms with Crippen LogP contribution in [0.2, 0.25) is 0 Å². The van der Waals surface area contributed by atoms with Crippen molar-refractivity contribution in [1.29, 1.82) is 0 Å². The van der Waals surface area contributed by atoms with Crippen LogP contribution in [0, 0.1) is 0 Å². The molecule has 1 heterocycles. The third kappa shape index (κ3) is 3.31. The van der Waals surface area contributed by atoms with Crippen molar-refractivity contribution in [2.24, 2.45) is 0 Å². The van der Waals surface area contributed by atoms with Gasteiger partial charge in [0.05, 0.1) is 17.1 Å². The highest BCUT2D eigenvalue weighted by molar-refractivity contribution is 7.89. The zero-order valence-corrected chi connectivity index (χ0v) is 11.7. The van der Waals surface area contributed by atoms with E-state index in [0.717, 1.165) is 0 Å². The molecule has 1 N–H and O–H groups in total. The third-order valence-corrected chi connectivity index (χ3v) is 4.12. The molecular formula is C13H14N2O4S. The Labute approximate surface area is 116 Å². The lowest BCUT2D eigenvalue weighted by Crippen LogP contribution is -2.23. The van der Waals surface area contributed by atoms with Crippen molar-refractivity contribution >= 4 is 15.8 Å². The Hall–Kier alpha value is -1.99. The number of rotatable bonds is 6. The summed E-state index contributed by atoms with van der Waals surface area (Å²) < 4.78 is 31.2.